The van der Waals surface area contributed by atoms with E-state index in [1.54, 1.807) is 31.2 Å². The van der Waals surface area contributed by atoms with Crippen LogP contribution in [0.4, 0.5) is 23.7 Å². The van der Waals surface area contributed by atoms with Gasteiger partial charge in [0, 0.05) is 5.56 Å². The lowest BCUT2D eigenvalue weighted by atomic mass is 10.1. The van der Waals surface area contributed by atoms with Crippen LogP contribution >= 0.6 is 0 Å². The number of hydrogen-bond donors (Lipinski definition) is 0. The fraction of sp³-hybridized carbons (Fsp3) is 0.263. The van der Waals surface area contributed by atoms with Gasteiger partial charge < -0.3 is 9.57 Å². The van der Waals surface area contributed by atoms with E-state index in [0.717, 1.165) is 17.7 Å². The molecule has 1 saturated heterocycles. The minimum atomic E-state index is -4.42. The first-order chi connectivity index (χ1) is 12.9. The molecule has 0 unspecified atom stereocenters. The Morgan fingerprint density at radius 3 is 2.70 bits per heavy atom. The monoisotopic (exact) mass is 378 g/mol. The van der Waals surface area contributed by atoms with Gasteiger partial charge in [0.15, 0.2) is 0 Å². The number of halogens is 3. The number of para-hydroxylation sites is 1. The van der Waals surface area contributed by atoms with E-state index in [1.165, 1.54) is 17.0 Å². The average Bonchev–Trinajstić information content (AvgIpc) is 3.07. The Hall–Kier alpha value is -3.03. The fourth-order valence-electron chi connectivity index (χ4n) is 2.68. The topological polar surface area (TPSA) is 51.1 Å². The number of rotatable bonds is 5. The molecular weight excluding hydrogens is 361 g/mol. The van der Waals surface area contributed by atoms with Crippen molar-refractivity contribution >= 4 is 17.5 Å². The maximum atomic E-state index is 12.8. The fourth-order valence-corrected chi connectivity index (χ4v) is 2.68. The molecule has 1 fully saturated rings. The summed E-state index contributed by atoms with van der Waals surface area (Å²) >= 11 is 0. The van der Waals surface area contributed by atoms with Crippen molar-refractivity contribution in [2.45, 2.75) is 19.7 Å². The summed E-state index contributed by atoms with van der Waals surface area (Å²) in [4.78, 5) is 18.6. The molecule has 2 aromatic carbocycles. The molecular formula is C19H17F3N2O3. The highest BCUT2D eigenvalue weighted by Gasteiger charge is 2.30. The van der Waals surface area contributed by atoms with E-state index >= 15 is 0 Å². The van der Waals surface area contributed by atoms with E-state index in [0.29, 0.717) is 30.1 Å². The Bertz CT molecular complexity index is 865. The quantitative estimate of drug-likeness (QED) is 0.564. The maximum Gasteiger partial charge on any atom is 0.416 e. The molecule has 3 rings (SSSR count). The first-order valence-electron chi connectivity index (χ1n) is 8.22. The van der Waals surface area contributed by atoms with Crippen molar-refractivity contribution in [1.82, 2.24) is 0 Å². The Balaban J connectivity index is 1.72. The van der Waals surface area contributed by atoms with Gasteiger partial charge in [-0.25, -0.2) is 4.79 Å². The van der Waals surface area contributed by atoms with Crippen LogP contribution in [0.25, 0.3) is 0 Å². The summed E-state index contributed by atoms with van der Waals surface area (Å²) in [5.41, 5.74) is 1.27. The van der Waals surface area contributed by atoms with Crippen molar-refractivity contribution in [1.29, 1.82) is 0 Å². The molecule has 0 radical (unpaired) electrons. The molecule has 0 saturated carbocycles. The highest BCUT2D eigenvalue weighted by atomic mass is 19.4. The summed E-state index contributed by atoms with van der Waals surface area (Å²) in [6.45, 7) is 2.40. The smallest absolute Gasteiger partial charge is 0.416 e. The van der Waals surface area contributed by atoms with Crippen molar-refractivity contribution in [3.05, 3.63) is 65.2 Å². The number of nitrogens with zero attached hydrogens (tertiary/aromatic N) is 2. The second-order valence-corrected chi connectivity index (χ2v) is 5.92. The van der Waals surface area contributed by atoms with Crippen LogP contribution in [0, 0.1) is 0 Å². The predicted molar refractivity (Wildman–Crippen MR) is 93.6 cm³/mol. The molecule has 1 amide bonds. The summed E-state index contributed by atoms with van der Waals surface area (Å²) < 4.78 is 43.4. The molecule has 0 aromatic heterocycles. The van der Waals surface area contributed by atoms with E-state index in [1.807, 2.05) is 0 Å². The van der Waals surface area contributed by atoms with E-state index in [2.05, 4.69) is 5.16 Å². The molecule has 1 heterocycles. The molecule has 27 heavy (non-hydrogen) atoms. The van der Waals surface area contributed by atoms with Crippen molar-refractivity contribution in [2.24, 2.45) is 5.16 Å². The van der Waals surface area contributed by atoms with Crippen molar-refractivity contribution in [3.63, 3.8) is 0 Å². The number of oxime groups is 1. The van der Waals surface area contributed by atoms with Gasteiger partial charge >= 0.3 is 12.3 Å². The second-order valence-electron chi connectivity index (χ2n) is 5.92. The van der Waals surface area contributed by atoms with Crippen LogP contribution in [-0.4, -0.2) is 25.0 Å². The molecule has 2 aromatic rings. The normalized spacial score (nSPS) is 15.0. The first-order valence-corrected chi connectivity index (χ1v) is 8.22. The zero-order valence-electron chi connectivity index (χ0n) is 14.5. The Kier molecular flexibility index (Phi) is 5.34. The van der Waals surface area contributed by atoms with Crippen molar-refractivity contribution in [3.8, 4) is 0 Å². The number of cyclic esters (lactones) is 1. The highest BCUT2D eigenvalue weighted by Crippen LogP contribution is 2.29. The molecule has 0 atom stereocenters. The van der Waals surface area contributed by atoms with Gasteiger partial charge in [0.25, 0.3) is 0 Å². The predicted octanol–water partition coefficient (Wildman–Crippen LogP) is 4.60. The van der Waals surface area contributed by atoms with Crippen LogP contribution in [0.2, 0.25) is 0 Å². The Labute approximate surface area is 154 Å². The van der Waals surface area contributed by atoms with Crippen LogP contribution in [0.1, 0.15) is 23.6 Å². The molecule has 142 valence electrons. The SMILES string of the molecule is C/C(=N\OCc1ccccc1N1CCOC1=O)c1cccc(C(F)(F)F)c1. The molecule has 1 aliphatic rings. The van der Waals surface area contributed by atoms with Gasteiger partial charge in [-0.15, -0.1) is 0 Å². The van der Waals surface area contributed by atoms with Crippen molar-refractivity contribution in [2.75, 3.05) is 18.1 Å². The number of alkyl halides is 3. The van der Waals surface area contributed by atoms with Crippen LogP contribution in [0.15, 0.2) is 53.7 Å². The Morgan fingerprint density at radius 1 is 1.22 bits per heavy atom. The lowest BCUT2D eigenvalue weighted by Gasteiger charge is -2.16. The van der Waals surface area contributed by atoms with Crippen LogP contribution < -0.4 is 4.90 Å². The summed E-state index contributed by atoms with van der Waals surface area (Å²) in [7, 11) is 0. The summed E-state index contributed by atoms with van der Waals surface area (Å²) in [5, 5.41) is 3.91. The number of amides is 1. The standard InChI is InChI=1S/C19H17F3N2O3/c1-13(14-6-4-7-16(11-14)19(20,21)22)23-27-12-15-5-2-3-8-17(15)24-9-10-26-18(24)25/h2-8,11H,9-10,12H2,1H3/b23-13+. The van der Waals surface area contributed by atoms with E-state index in [4.69, 9.17) is 9.57 Å². The van der Waals surface area contributed by atoms with Gasteiger partial charge in [-0.3, -0.25) is 4.90 Å². The van der Waals surface area contributed by atoms with Gasteiger partial charge in [0.1, 0.15) is 13.2 Å². The molecule has 0 spiro atoms. The summed E-state index contributed by atoms with van der Waals surface area (Å²) in [6, 6.07) is 12.0. The zero-order chi connectivity index (χ0) is 19.4. The summed E-state index contributed by atoms with van der Waals surface area (Å²) in [5.74, 6) is 0. The van der Waals surface area contributed by atoms with Gasteiger partial charge in [-0.2, -0.15) is 13.2 Å². The van der Waals surface area contributed by atoms with Gasteiger partial charge in [0.2, 0.25) is 0 Å². The van der Waals surface area contributed by atoms with Crippen LogP contribution in [-0.2, 0) is 22.4 Å². The van der Waals surface area contributed by atoms with Gasteiger partial charge in [-0.1, -0.05) is 35.5 Å². The summed E-state index contributed by atoms with van der Waals surface area (Å²) in [6.07, 6.45) is -4.84. The molecule has 1 aliphatic heterocycles. The van der Waals surface area contributed by atoms with Crippen molar-refractivity contribution < 1.29 is 27.5 Å². The number of hydrogen-bond acceptors (Lipinski definition) is 4. The minimum Gasteiger partial charge on any atom is -0.447 e. The third kappa shape index (κ3) is 4.39. The largest absolute Gasteiger partial charge is 0.447 e. The first kappa shape index (κ1) is 18.8. The maximum absolute atomic E-state index is 12.8. The highest BCUT2D eigenvalue weighted by molar-refractivity contribution is 5.98. The number of anilines is 1. The molecule has 0 N–H and O–H groups in total. The van der Waals surface area contributed by atoms with E-state index in [9.17, 15) is 18.0 Å². The number of benzene rings is 2. The second kappa shape index (κ2) is 7.69. The number of ether oxygens (including phenoxy) is 1. The van der Waals surface area contributed by atoms with Gasteiger partial charge in [-0.05, 0) is 30.7 Å². The molecule has 8 heteroatoms. The van der Waals surface area contributed by atoms with Crippen LogP contribution in [0.3, 0.4) is 0 Å². The Morgan fingerprint density at radius 2 is 2.00 bits per heavy atom. The molecule has 0 aliphatic carbocycles. The van der Waals surface area contributed by atoms with E-state index in [-0.39, 0.29) is 6.61 Å². The molecule has 0 bridgehead atoms. The van der Waals surface area contributed by atoms with E-state index < -0.39 is 17.8 Å². The number of carbonyl (C=O) groups is 1. The lowest BCUT2D eigenvalue weighted by Crippen LogP contribution is -2.24. The average molecular weight is 378 g/mol. The third-order valence-corrected chi connectivity index (χ3v) is 4.07. The van der Waals surface area contributed by atoms with Gasteiger partial charge in [0.05, 0.1) is 23.5 Å². The minimum absolute atomic E-state index is 0.0657. The zero-order valence-corrected chi connectivity index (χ0v) is 14.5. The van der Waals surface area contributed by atoms with Crippen LogP contribution in [0.5, 0.6) is 0 Å². The lowest BCUT2D eigenvalue weighted by molar-refractivity contribution is -0.137. The number of carbonyl (C=O) groups excluding carboxylic acids is 1. The molecule has 5 nitrogen and oxygen atoms in total. The third-order valence-electron chi connectivity index (χ3n) is 4.07.